The lowest BCUT2D eigenvalue weighted by Gasteiger charge is -2.23. The van der Waals surface area contributed by atoms with Crippen LogP contribution in [0.1, 0.15) is 16.5 Å². The molecule has 0 radical (unpaired) electrons. The smallest absolute Gasteiger partial charge is 0.128 e. The molecule has 5 heteroatoms. The summed E-state index contributed by atoms with van der Waals surface area (Å²) >= 11 is 5.02. The van der Waals surface area contributed by atoms with Gasteiger partial charge in [0.05, 0.1) is 6.04 Å². The third kappa shape index (κ3) is 4.12. The number of nitrogens with zero attached hydrogens (tertiary/aromatic N) is 1. The molecule has 0 bridgehead atoms. The maximum absolute atomic E-state index is 13.7. The highest BCUT2D eigenvalue weighted by Crippen LogP contribution is 2.22. The summed E-state index contributed by atoms with van der Waals surface area (Å²) in [6.45, 7) is 1.33. The van der Waals surface area contributed by atoms with Gasteiger partial charge in [0, 0.05) is 28.0 Å². The van der Waals surface area contributed by atoms with Gasteiger partial charge in [0.1, 0.15) is 5.82 Å². The van der Waals surface area contributed by atoms with Crippen LogP contribution in [0.25, 0.3) is 0 Å². The molecule has 0 aliphatic heterocycles. The van der Waals surface area contributed by atoms with Gasteiger partial charge in [0.25, 0.3) is 0 Å². The van der Waals surface area contributed by atoms with Crippen LogP contribution in [0.4, 0.5) is 4.39 Å². The fourth-order valence-electron chi connectivity index (χ4n) is 2.03. The summed E-state index contributed by atoms with van der Waals surface area (Å²) in [7, 11) is 4.12. The van der Waals surface area contributed by atoms with E-state index in [4.69, 9.17) is 0 Å². The molecule has 108 valence electrons. The van der Waals surface area contributed by atoms with Crippen LogP contribution >= 0.6 is 27.3 Å². The van der Waals surface area contributed by atoms with E-state index in [1.165, 1.54) is 10.9 Å². The number of likely N-dealkylation sites (N-methyl/N-ethyl adjacent to an activating group) is 1. The van der Waals surface area contributed by atoms with Crippen molar-refractivity contribution in [1.82, 2.24) is 10.2 Å². The molecule has 1 aromatic carbocycles. The second-order valence-electron chi connectivity index (χ2n) is 4.86. The Labute approximate surface area is 131 Å². The standard InChI is InChI=1S/C15H18BrFN2S/c1-19(2)14(15-4-3-7-20-15)10-18-9-11-5-6-12(16)8-13(11)17/h3-8,14,18H,9-10H2,1-2H3. The monoisotopic (exact) mass is 356 g/mol. The highest BCUT2D eigenvalue weighted by atomic mass is 79.9. The molecule has 0 amide bonds. The SMILES string of the molecule is CN(C)C(CNCc1ccc(Br)cc1F)c1cccs1. The van der Waals surface area contributed by atoms with E-state index in [-0.39, 0.29) is 5.82 Å². The molecular weight excluding hydrogens is 339 g/mol. The number of benzene rings is 1. The number of hydrogen-bond donors (Lipinski definition) is 1. The summed E-state index contributed by atoms with van der Waals surface area (Å²) in [6.07, 6.45) is 0. The van der Waals surface area contributed by atoms with Crippen LogP contribution in [0.5, 0.6) is 0 Å². The Balaban J connectivity index is 1.94. The maximum atomic E-state index is 13.7. The van der Waals surface area contributed by atoms with Gasteiger partial charge in [-0.2, -0.15) is 0 Å². The van der Waals surface area contributed by atoms with E-state index in [1.54, 1.807) is 11.3 Å². The summed E-state index contributed by atoms with van der Waals surface area (Å²) in [5.41, 5.74) is 0.692. The van der Waals surface area contributed by atoms with Crippen molar-refractivity contribution >= 4 is 27.3 Å². The molecule has 1 aromatic heterocycles. The van der Waals surface area contributed by atoms with Crippen LogP contribution in [0.2, 0.25) is 0 Å². The molecule has 0 fully saturated rings. The zero-order valence-corrected chi connectivity index (χ0v) is 14.0. The molecule has 2 aromatic rings. The van der Waals surface area contributed by atoms with Gasteiger partial charge in [-0.1, -0.05) is 28.1 Å². The summed E-state index contributed by atoms with van der Waals surface area (Å²) in [5.74, 6) is -0.176. The Kier molecular flexibility index (Phi) is 5.72. The van der Waals surface area contributed by atoms with E-state index in [0.29, 0.717) is 18.2 Å². The first-order chi connectivity index (χ1) is 9.58. The van der Waals surface area contributed by atoms with Gasteiger partial charge in [-0.15, -0.1) is 11.3 Å². The van der Waals surface area contributed by atoms with Crippen molar-refractivity contribution in [2.24, 2.45) is 0 Å². The lowest BCUT2D eigenvalue weighted by molar-refractivity contribution is 0.292. The van der Waals surface area contributed by atoms with Crippen LogP contribution in [-0.2, 0) is 6.54 Å². The second kappa shape index (κ2) is 7.31. The Morgan fingerprint density at radius 3 is 2.75 bits per heavy atom. The van der Waals surface area contributed by atoms with E-state index < -0.39 is 0 Å². The van der Waals surface area contributed by atoms with E-state index >= 15 is 0 Å². The van der Waals surface area contributed by atoms with E-state index in [1.807, 2.05) is 12.1 Å². The zero-order chi connectivity index (χ0) is 14.5. The predicted octanol–water partition coefficient (Wildman–Crippen LogP) is 4.04. The van der Waals surface area contributed by atoms with Crippen molar-refractivity contribution in [1.29, 1.82) is 0 Å². The first kappa shape index (κ1) is 15.6. The Hall–Kier alpha value is -0.750. The molecule has 20 heavy (non-hydrogen) atoms. The average molecular weight is 357 g/mol. The van der Waals surface area contributed by atoms with E-state index in [0.717, 1.165) is 11.0 Å². The van der Waals surface area contributed by atoms with Crippen molar-refractivity contribution in [2.75, 3.05) is 20.6 Å². The van der Waals surface area contributed by atoms with Crippen LogP contribution in [0, 0.1) is 5.82 Å². The minimum Gasteiger partial charge on any atom is -0.311 e. The fraction of sp³-hybridized carbons (Fsp3) is 0.333. The quantitative estimate of drug-likeness (QED) is 0.839. The Bertz CT molecular complexity index is 543. The fourth-order valence-corrected chi connectivity index (χ4v) is 3.28. The van der Waals surface area contributed by atoms with Crippen LogP contribution in [0.15, 0.2) is 40.2 Å². The minimum atomic E-state index is -0.176. The molecular formula is C15H18BrFN2S. The molecule has 1 heterocycles. The Morgan fingerprint density at radius 1 is 1.35 bits per heavy atom. The molecule has 0 saturated heterocycles. The normalized spacial score (nSPS) is 12.8. The molecule has 0 saturated carbocycles. The van der Waals surface area contributed by atoms with Gasteiger partial charge in [-0.25, -0.2) is 4.39 Å². The lowest BCUT2D eigenvalue weighted by atomic mass is 10.2. The largest absolute Gasteiger partial charge is 0.311 e. The summed E-state index contributed by atoms with van der Waals surface area (Å²) in [4.78, 5) is 3.50. The minimum absolute atomic E-state index is 0.176. The van der Waals surface area contributed by atoms with Gasteiger partial charge >= 0.3 is 0 Å². The van der Waals surface area contributed by atoms with Crippen LogP contribution in [-0.4, -0.2) is 25.5 Å². The van der Waals surface area contributed by atoms with Crippen molar-refractivity contribution in [2.45, 2.75) is 12.6 Å². The molecule has 0 aliphatic carbocycles. The molecule has 2 nitrogen and oxygen atoms in total. The highest BCUT2D eigenvalue weighted by Gasteiger charge is 2.14. The van der Waals surface area contributed by atoms with Crippen molar-refractivity contribution in [3.8, 4) is 0 Å². The second-order valence-corrected chi connectivity index (χ2v) is 6.76. The molecule has 1 unspecified atom stereocenters. The number of nitrogens with one attached hydrogen (secondary N) is 1. The first-order valence-corrected chi connectivity index (χ1v) is 8.09. The van der Waals surface area contributed by atoms with Gasteiger partial charge < -0.3 is 10.2 Å². The average Bonchev–Trinajstić information content (AvgIpc) is 2.90. The van der Waals surface area contributed by atoms with Crippen LogP contribution < -0.4 is 5.32 Å². The number of rotatable bonds is 6. The molecule has 2 rings (SSSR count). The summed E-state index contributed by atoms with van der Waals surface area (Å²) in [5, 5.41) is 5.42. The molecule has 1 atom stereocenters. The van der Waals surface area contributed by atoms with Gasteiger partial charge in [0.2, 0.25) is 0 Å². The topological polar surface area (TPSA) is 15.3 Å². The zero-order valence-electron chi connectivity index (χ0n) is 11.6. The van der Waals surface area contributed by atoms with E-state index in [9.17, 15) is 4.39 Å². The molecule has 0 spiro atoms. The van der Waals surface area contributed by atoms with Crippen molar-refractivity contribution < 1.29 is 4.39 Å². The third-order valence-electron chi connectivity index (χ3n) is 3.16. The lowest BCUT2D eigenvalue weighted by Crippen LogP contribution is -2.30. The number of hydrogen-bond acceptors (Lipinski definition) is 3. The third-order valence-corrected chi connectivity index (χ3v) is 4.63. The van der Waals surface area contributed by atoms with Gasteiger partial charge in [0.15, 0.2) is 0 Å². The van der Waals surface area contributed by atoms with Crippen molar-refractivity contribution in [3.05, 3.63) is 56.4 Å². The highest BCUT2D eigenvalue weighted by molar-refractivity contribution is 9.10. The Morgan fingerprint density at radius 2 is 2.15 bits per heavy atom. The summed E-state index contributed by atoms with van der Waals surface area (Å²) < 4.78 is 14.5. The number of halogens is 2. The predicted molar refractivity (Wildman–Crippen MR) is 86.6 cm³/mol. The van der Waals surface area contributed by atoms with Crippen molar-refractivity contribution in [3.63, 3.8) is 0 Å². The van der Waals surface area contributed by atoms with Gasteiger partial charge in [-0.05, 0) is 37.7 Å². The van der Waals surface area contributed by atoms with E-state index in [2.05, 4.69) is 57.8 Å². The number of thiophene rings is 1. The molecule has 0 aliphatic rings. The molecule has 1 N–H and O–H groups in total. The summed E-state index contributed by atoms with van der Waals surface area (Å²) in [6, 6.07) is 9.68. The maximum Gasteiger partial charge on any atom is 0.128 e. The first-order valence-electron chi connectivity index (χ1n) is 6.42. The van der Waals surface area contributed by atoms with Crippen LogP contribution in [0.3, 0.4) is 0 Å². The van der Waals surface area contributed by atoms with Gasteiger partial charge in [-0.3, -0.25) is 0 Å².